The van der Waals surface area contributed by atoms with E-state index in [0.29, 0.717) is 23.0 Å². The highest BCUT2D eigenvalue weighted by molar-refractivity contribution is 6.31. The number of anilines is 2. The average Bonchev–Trinajstić information content (AvgIpc) is 2.68. The number of nitrogens with two attached hydrogens (primary N) is 1. The van der Waals surface area contributed by atoms with E-state index in [9.17, 15) is 14.9 Å². The number of aromatic nitrogens is 3. The van der Waals surface area contributed by atoms with Gasteiger partial charge in [0.05, 0.1) is 9.95 Å². The van der Waals surface area contributed by atoms with E-state index < -0.39 is 4.92 Å². The van der Waals surface area contributed by atoms with E-state index in [1.807, 2.05) is 0 Å². The molecule has 5 N–H and O–H groups in total. The standard InChI is InChI=1S/C17H22ClN7O3/c18-13-8-20-15(26)5-11(13)7-22-17-23-9-14(25(27)28)16(24-17)21-6-10-1-3-12(19)4-2-10/h5,8-10,12H,1-4,6-7,19H2,(H,20,26)(H2,21,22,23,24). The maximum absolute atomic E-state index is 11.4. The van der Waals surface area contributed by atoms with Gasteiger partial charge in [0, 0.05) is 31.4 Å². The molecule has 11 heteroatoms. The van der Waals surface area contributed by atoms with Crippen LogP contribution in [0.15, 0.2) is 23.3 Å². The zero-order valence-corrected chi connectivity index (χ0v) is 15.9. The number of rotatable bonds is 7. The molecule has 3 rings (SSSR count). The van der Waals surface area contributed by atoms with Gasteiger partial charge in [-0.1, -0.05) is 11.6 Å². The molecule has 150 valence electrons. The van der Waals surface area contributed by atoms with Crippen molar-refractivity contribution in [2.45, 2.75) is 38.3 Å². The van der Waals surface area contributed by atoms with Crippen LogP contribution >= 0.6 is 11.6 Å². The molecule has 1 aliphatic rings. The van der Waals surface area contributed by atoms with Crippen LogP contribution in [0, 0.1) is 16.0 Å². The van der Waals surface area contributed by atoms with Crippen LogP contribution in [0.4, 0.5) is 17.5 Å². The van der Waals surface area contributed by atoms with Gasteiger partial charge in [0.1, 0.15) is 6.20 Å². The maximum atomic E-state index is 11.4. The molecule has 1 aliphatic carbocycles. The summed E-state index contributed by atoms with van der Waals surface area (Å²) in [6.07, 6.45) is 6.46. The molecule has 0 bridgehead atoms. The molecule has 0 amide bonds. The van der Waals surface area contributed by atoms with Gasteiger partial charge >= 0.3 is 5.69 Å². The summed E-state index contributed by atoms with van der Waals surface area (Å²) in [5.74, 6) is 0.769. The van der Waals surface area contributed by atoms with Gasteiger partial charge in [-0.2, -0.15) is 4.98 Å². The Labute approximate surface area is 166 Å². The molecule has 1 fully saturated rings. The van der Waals surface area contributed by atoms with Crippen molar-refractivity contribution in [3.8, 4) is 0 Å². The van der Waals surface area contributed by atoms with E-state index in [1.165, 1.54) is 12.3 Å². The summed E-state index contributed by atoms with van der Waals surface area (Å²) in [6, 6.07) is 1.62. The number of nitro groups is 1. The molecule has 2 aromatic heterocycles. The molecule has 10 nitrogen and oxygen atoms in total. The van der Waals surface area contributed by atoms with Crippen LogP contribution in [-0.4, -0.2) is 32.5 Å². The predicted octanol–water partition coefficient (Wildman–Crippen LogP) is 2.27. The van der Waals surface area contributed by atoms with E-state index >= 15 is 0 Å². The Kier molecular flexibility index (Phi) is 6.42. The van der Waals surface area contributed by atoms with Crippen LogP contribution in [0.1, 0.15) is 31.2 Å². The van der Waals surface area contributed by atoms with Crippen molar-refractivity contribution >= 4 is 29.1 Å². The van der Waals surface area contributed by atoms with Crippen LogP contribution in [0.2, 0.25) is 5.02 Å². The zero-order valence-electron chi connectivity index (χ0n) is 15.2. The number of pyridine rings is 1. The lowest BCUT2D eigenvalue weighted by Crippen LogP contribution is -2.29. The Morgan fingerprint density at radius 2 is 2.07 bits per heavy atom. The van der Waals surface area contributed by atoms with Crippen molar-refractivity contribution < 1.29 is 4.92 Å². The normalized spacial score (nSPS) is 19.2. The van der Waals surface area contributed by atoms with E-state index in [4.69, 9.17) is 17.3 Å². The van der Waals surface area contributed by atoms with E-state index in [-0.39, 0.29) is 35.6 Å². The third kappa shape index (κ3) is 5.17. The van der Waals surface area contributed by atoms with Gasteiger partial charge in [-0.3, -0.25) is 14.9 Å². The fraction of sp³-hybridized carbons (Fsp3) is 0.471. The van der Waals surface area contributed by atoms with Crippen molar-refractivity contribution in [1.82, 2.24) is 15.0 Å². The third-order valence-corrected chi connectivity index (χ3v) is 5.16. The SMILES string of the molecule is NC1CCC(CNc2nc(NCc3cc(=O)[nH]cc3Cl)ncc2[N+](=O)[O-])CC1. The average molecular weight is 408 g/mol. The van der Waals surface area contributed by atoms with Crippen molar-refractivity contribution in [2.75, 3.05) is 17.2 Å². The molecule has 2 aromatic rings. The first-order valence-corrected chi connectivity index (χ1v) is 9.42. The van der Waals surface area contributed by atoms with Crippen LogP contribution < -0.4 is 21.9 Å². The number of hydrogen-bond acceptors (Lipinski definition) is 8. The first kappa shape index (κ1) is 20.0. The fourth-order valence-corrected chi connectivity index (χ4v) is 3.34. The zero-order chi connectivity index (χ0) is 20.1. The molecule has 0 unspecified atom stereocenters. The van der Waals surface area contributed by atoms with Crippen LogP contribution in [0.25, 0.3) is 0 Å². The summed E-state index contributed by atoms with van der Waals surface area (Å²) in [4.78, 5) is 32.9. The number of aromatic amines is 1. The van der Waals surface area contributed by atoms with E-state index in [2.05, 4.69) is 25.6 Å². The van der Waals surface area contributed by atoms with Crippen LogP contribution in [0.3, 0.4) is 0 Å². The van der Waals surface area contributed by atoms with Crippen LogP contribution in [-0.2, 0) is 6.54 Å². The number of halogens is 1. The van der Waals surface area contributed by atoms with Crippen molar-refractivity contribution in [2.24, 2.45) is 11.7 Å². The number of nitrogens with one attached hydrogen (secondary N) is 3. The number of H-pyrrole nitrogens is 1. The number of hydrogen-bond donors (Lipinski definition) is 4. The van der Waals surface area contributed by atoms with Gasteiger partial charge in [-0.05, 0) is 37.2 Å². The molecular formula is C17H22ClN7O3. The summed E-state index contributed by atoms with van der Waals surface area (Å²) in [5, 5.41) is 17.7. The Morgan fingerprint density at radius 3 is 2.79 bits per heavy atom. The quantitative estimate of drug-likeness (QED) is 0.402. The third-order valence-electron chi connectivity index (χ3n) is 4.81. The smallest absolute Gasteiger partial charge is 0.329 e. The van der Waals surface area contributed by atoms with Gasteiger partial charge < -0.3 is 21.4 Å². The Balaban J connectivity index is 1.69. The molecule has 0 aliphatic heterocycles. The van der Waals surface area contributed by atoms with Gasteiger partial charge in [-0.25, -0.2) is 4.98 Å². The molecule has 1 saturated carbocycles. The Hall–Kier alpha value is -2.72. The minimum Gasteiger partial charge on any atom is -0.364 e. The summed E-state index contributed by atoms with van der Waals surface area (Å²) in [7, 11) is 0. The van der Waals surface area contributed by atoms with Crippen molar-refractivity contribution in [3.63, 3.8) is 0 Å². The molecule has 28 heavy (non-hydrogen) atoms. The summed E-state index contributed by atoms with van der Waals surface area (Å²) >= 11 is 6.04. The maximum Gasteiger partial charge on any atom is 0.329 e. The molecular weight excluding hydrogens is 386 g/mol. The van der Waals surface area contributed by atoms with E-state index in [0.717, 1.165) is 31.9 Å². The van der Waals surface area contributed by atoms with Crippen molar-refractivity contribution in [3.05, 3.63) is 49.5 Å². The topological polar surface area (TPSA) is 152 Å². The first-order chi connectivity index (χ1) is 13.4. The second-order valence-electron chi connectivity index (χ2n) is 6.87. The molecule has 0 atom stereocenters. The lowest BCUT2D eigenvalue weighted by Gasteiger charge is -2.26. The summed E-state index contributed by atoms with van der Waals surface area (Å²) < 4.78 is 0. The lowest BCUT2D eigenvalue weighted by atomic mass is 9.86. The van der Waals surface area contributed by atoms with Crippen molar-refractivity contribution in [1.29, 1.82) is 0 Å². The second kappa shape index (κ2) is 8.98. The first-order valence-electron chi connectivity index (χ1n) is 9.04. The van der Waals surface area contributed by atoms with Crippen LogP contribution in [0.5, 0.6) is 0 Å². The van der Waals surface area contributed by atoms with E-state index in [1.54, 1.807) is 0 Å². The highest BCUT2D eigenvalue weighted by atomic mass is 35.5. The molecule has 0 spiro atoms. The largest absolute Gasteiger partial charge is 0.364 e. The molecule has 0 saturated heterocycles. The summed E-state index contributed by atoms with van der Waals surface area (Å²) in [5.41, 5.74) is 6.02. The minimum atomic E-state index is -0.517. The lowest BCUT2D eigenvalue weighted by molar-refractivity contribution is -0.384. The molecule has 0 radical (unpaired) electrons. The highest BCUT2D eigenvalue weighted by Crippen LogP contribution is 2.26. The van der Waals surface area contributed by atoms with Gasteiger partial charge in [0.2, 0.25) is 17.3 Å². The molecule has 0 aromatic carbocycles. The monoisotopic (exact) mass is 407 g/mol. The minimum absolute atomic E-state index is 0.161. The fourth-order valence-electron chi connectivity index (χ4n) is 3.16. The number of nitrogens with zero attached hydrogens (tertiary/aromatic N) is 3. The second-order valence-corrected chi connectivity index (χ2v) is 7.28. The predicted molar refractivity (Wildman–Crippen MR) is 107 cm³/mol. The van der Waals surface area contributed by atoms with Gasteiger partial charge in [0.25, 0.3) is 0 Å². The molecule has 2 heterocycles. The highest BCUT2D eigenvalue weighted by Gasteiger charge is 2.21. The summed E-state index contributed by atoms with van der Waals surface area (Å²) in [6.45, 7) is 0.796. The Bertz CT molecular complexity index is 897. The van der Waals surface area contributed by atoms with Gasteiger partial charge in [0.15, 0.2) is 0 Å². The Morgan fingerprint density at radius 1 is 1.32 bits per heavy atom. The van der Waals surface area contributed by atoms with Gasteiger partial charge in [-0.15, -0.1) is 0 Å².